The zero-order valence-corrected chi connectivity index (χ0v) is 21.9. The first-order valence-corrected chi connectivity index (χ1v) is 12.8. The Kier molecular flexibility index (Phi) is 7.09. The van der Waals surface area contributed by atoms with Gasteiger partial charge in [-0.05, 0) is 63.2 Å². The summed E-state index contributed by atoms with van der Waals surface area (Å²) in [5, 5.41) is 6.62. The van der Waals surface area contributed by atoms with Crippen molar-refractivity contribution in [3.05, 3.63) is 47.7 Å². The summed E-state index contributed by atoms with van der Waals surface area (Å²) in [6.45, 7) is 11.0. The summed E-state index contributed by atoms with van der Waals surface area (Å²) in [5.41, 5.74) is 4.29. The van der Waals surface area contributed by atoms with Crippen LogP contribution in [0.4, 0.5) is 34.8 Å². The van der Waals surface area contributed by atoms with E-state index < -0.39 is 0 Å². The molecule has 0 atom stereocenters. The van der Waals surface area contributed by atoms with Gasteiger partial charge in [-0.15, -0.1) is 0 Å². The van der Waals surface area contributed by atoms with E-state index in [1.54, 1.807) is 11.1 Å². The van der Waals surface area contributed by atoms with Crippen molar-refractivity contribution in [1.82, 2.24) is 19.9 Å². The molecule has 2 N–H and O–H groups in total. The molecule has 1 fully saturated rings. The predicted octanol–water partition coefficient (Wildman–Crippen LogP) is 3.86. The lowest BCUT2D eigenvalue weighted by molar-refractivity contribution is -0.121. The zero-order chi connectivity index (χ0) is 25.9. The Morgan fingerprint density at radius 2 is 1.81 bits per heavy atom. The third-order valence-electron chi connectivity index (χ3n) is 6.71. The number of anilines is 6. The van der Waals surface area contributed by atoms with Gasteiger partial charge in [-0.2, -0.15) is 4.98 Å². The minimum Gasteiger partial charge on any atom is -0.480 e. The highest BCUT2D eigenvalue weighted by Gasteiger charge is 2.26. The summed E-state index contributed by atoms with van der Waals surface area (Å²) < 4.78 is 5.57. The number of ether oxygens (including phenoxy) is 1. The third-order valence-corrected chi connectivity index (χ3v) is 6.71. The molecule has 2 aliphatic rings. The number of carbonyl (C=O) groups is 1. The maximum atomic E-state index is 12.3. The number of aromatic nitrogens is 3. The molecule has 10 heteroatoms. The van der Waals surface area contributed by atoms with Crippen LogP contribution in [-0.4, -0.2) is 72.1 Å². The van der Waals surface area contributed by atoms with E-state index in [0.29, 0.717) is 35.7 Å². The van der Waals surface area contributed by atoms with E-state index in [9.17, 15) is 4.79 Å². The number of pyridine rings is 1. The molecule has 0 spiro atoms. The zero-order valence-electron chi connectivity index (χ0n) is 21.9. The Bertz CT molecular complexity index is 1290. The molecule has 1 aromatic carbocycles. The smallest absolute Gasteiger partial charge is 0.266 e. The molecular weight excluding hydrogens is 468 g/mol. The van der Waals surface area contributed by atoms with Crippen molar-refractivity contribution in [2.75, 3.05) is 66.8 Å². The van der Waals surface area contributed by atoms with E-state index in [1.807, 2.05) is 26.0 Å². The molecule has 1 amide bonds. The lowest BCUT2D eigenvalue weighted by Crippen LogP contribution is -2.44. The summed E-state index contributed by atoms with van der Waals surface area (Å²) in [5.74, 6) is 2.76. The number of piperazine rings is 1. The minimum absolute atomic E-state index is 0.0390. The van der Waals surface area contributed by atoms with Crippen molar-refractivity contribution >= 4 is 40.7 Å². The van der Waals surface area contributed by atoms with Crippen LogP contribution in [-0.2, 0) is 4.79 Å². The van der Waals surface area contributed by atoms with Crippen LogP contribution in [0.3, 0.4) is 0 Å². The second-order valence-corrected chi connectivity index (χ2v) is 9.62. The number of hydrogen-bond acceptors (Lipinski definition) is 9. The molecule has 2 aliphatic heterocycles. The minimum atomic E-state index is -0.0855. The molecule has 10 nitrogen and oxygen atoms in total. The van der Waals surface area contributed by atoms with Gasteiger partial charge in [0.25, 0.3) is 5.91 Å². The van der Waals surface area contributed by atoms with E-state index in [1.165, 1.54) is 11.3 Å². The summed E-state index contributed by atoms with van der Waals surface area (Å²) in [6.07, 6.45) is 2.61. The van der Waals surface area contributed by atoms with Gasteiger partial charge in [0.1, 0.15) is 11.6 Å². The van der Waals surface area contributed by atoms with Crippen LogP contribution in [0.5, 0.6) is 5.75 Å². The summed E-state index contributed by atoms with van der Waals surface area (Å²) in [7, 11) is 2.17. The molecule has 0 saturated carbocycles. The Morgan fingerprint density at radius 1 is 1.00 bits per heavy atom. The topological polar surface area (TPSA) is 98.7 Å². The van der Waals surface area contributed by atoms with Crippen LogP contribution in [0.25, 0.3) is 0 Å². The number of rotatable bonds is 7. The average molecular weight is 503 g/mol. The lowest BCUT2D eigenvalue weighted by Gasteiger charge is -2.35. The molecule has 2 aromatic heterocycles. The normalized spacial score (nSPS) is 15.8. The van der Waals surface area contributed by atoms with Crippen LogP contribution < -0.4 is 25.2 Å². The number of hydrogen-bond donors (Lipinski definition) is 2. The first-order valence-electron chi connectivity index (χ1n) is 12.8. The van der Waals surface area contributed by atoms with Crippen LogP contribution in [0, 0.1) is 13.8 Å². The van der Waals surface area contributed by atoms with Gasteiger partial charge in [0.05, 0.1) is 0 Å². The van der Waals surface area contributed by atoms with Crippen molar-refractivity contribution < 1.29 is 9.53 Å². The van der Waals surface area contributed by atoms with Crippen molar-refractivity contribution in [3.8, 4) is 5.75 Å². The van der Waals surface area contributed by atoms with Crippen molar-refractivity contribution in [3.63, 3.8) is 0 Å². The van der Waals surface area contributed by atoms with Gasteiger partial charge in [0, 0.05) is 55.9 Å². The molecule has 5 rings (SSSR count). The van der Waals surface area contributed by atoms with Gasteiger partial charge in [-0.25, -0.2) is 9.97 Å². The Hall–Kier alpha value is -3.92. The molecule has 0 unspecified atom stereocenters. The second-order valence-electron chi connectivity index (χ2n) is 9.62. The van der Waals surface area contributed by atoms with Crippen molar-refractivity contribution in [1.29, 1.82) is 0 Å². The predicted molar refractivity (Wildman–Crippen MR) is 147 cm³/mol. The van der Waals surface area contributed by atoms with Crippen LogP contribution in [0.15, 0.2) is 36.5 Å². The number of benzene rings is 1. The summed E-state index contributed by atoms with van der Waals surface area (Å²) in [6, 6.07) is 10.0. The van der Waals surface area contributed by atoms with E-state index in [-0.39, 0.29) is 12.5 Å². The van der Waals surface area contributed by atoms with Crippen molar-refractivity contribution in [2.24, 2.45) is 0 Å². The largest absolute Gasteiger partial charge is 0.480 e. The second kappa shape index (κ2) is 10.6. The number of carbonyl (C=O) groups excluding carboxylic acids is 1. The number of nitrogens with one attached hydrogen (secondary N) is 2. The van der Waals surface area contributed by atoms with E-state index >= 15 is 0 Å². The highest BCUT2D eigenvalue weighted by atomic mass is 16.5. The van der Waals surface area contributed by atoms with E-state index in [2.05, 4.69) is 62.6 Å². The molecule has 3 aromatic rings. The fraction of sp³-hybridized carbons (Fsp3) is 0.407. The first kappa shape index (κ1) is 24.8. The number of fused-ring (bicyclic) bond motifs is 1. The first-order chi connectivity index (χ1) is 17.9. The van der Waals surface area contributed by atoms with Crippen LogP contribution >= 0.6 is 0 Å². The molecule has 0 aliphatic carbocycles. The molecule has 0 bridgehead atoms. The number of likely N-dealkylation sites (N-methyl/N-ethyl adjacent to an activating group) is 1. The quantitative estimate of drug-likeness (QED) is 0.499. The maximum Gasteiger partial charge on any atom is 0.266 e. The number of aryl methyl sites for hydroxylation is 2. The van der Waals surface area contributed by atoms with Gasteiger partial charge in [0.15, 0.2) is 18.2 Å². The van der Waals surface area contributed by atoms with Gasteiger partial charge >= 0.3 is 0 Å². The van der Waals surface area contributed by atoms with Gasteiger partial charge in [-0.1, -0.05) is 6.92 Å². The Morgan fingerprint density at radius 3 is 2.57 bits per heavy atom. The molecule has 4 heterocycles. The van der Waals surface area contributed by atoms with Crippen molar-refractivity contribution in [2.45, 2.75) is 27.2 Å². The monoisotopic (exact) mass is 502 g/mol. The summed E-state index contributed by atoms with van der Waals surface area (Å²) >= 11 is 0. The van der Waals surface area contributed by atoms with Gasteiger partial charge in [0.2, 0.25) is 5.95 Å². The highest BCUT2D eigenvalue weighted by molar-refractivity contribution is 5.96. The molecule has 0 radical (unpaired) electrons. The lowest BCUT2D eigenvalue weighted by atomic mass is 10.1. The van der Waals surface area contributed by atoms with E-state index in [4.69, 9.17) is 9.72 Å². The van der Waals surface area contributed by atoms with Crippen LogP contribution in [0.1, 0.15) is 24.5 Å². The molecule has 37 heavy (non-hydrogen) atoms. The number of nitrogens with zero attached hydrogens (tertiary/aromatic N) is 6. The fourth-order valence-corrected chi connectivity index (χ4v) is 4.62. The van der Waals surface area contributed by atoms with Crippen LogP contribution in [0.2, 0.25) is 0 Å². The van der Waals surface area contributed by atoms with E-state index in [0.717, 1.165) is 43.9 Å². The van der Waals surface area contributed by atoms with Gasteiger partial charge < -0.3 is 25.2 Å². The maximum absolute atomic E-state index is 12.3. The molecule has 194 valence electrons. The SMILES string of the molecule is CCCN1C(=O)COc2ccc(Nc3nc(Nc4ccc(N5CCN(C)CC5)c(C)c4)ncc3C)nc21. The third kappa shape index (κ3) is 5.43. The molecule has 1 saturated heterocycles. The highest BCUT2D eigenvalue weighted by Crippen LogP contribution is 2.33. The number of amides is 1. The average Bonchev–Trinajstić information content (AvgIpc) is 2.89. The fourth-order valence-electron chi connectivity index (χ4n) is 4.62. The molecular formula is C27H34N8O2. The Balaban J connectivity index is 1.32. The summed E-state index contributed by atoms with van der Waals surface area (Å²) in [4.78, 5) is 32.7. The standard InChI is InChI=1S/C27H34N8O2/c1-5-10-35-24(36)17-37-22-8-9-23(31-26(22)35)30-25-19(3)16-28-27(32-25)29-20-6-7-21(18(2)15-20)34-13-11-33(4)12-14-34/h6-9,15-16H,5,10-14,17H2,1-4H3,(H2,28,29,30,31,32). The van der Waals surface area contributed by atoms with Gasteiger partial charge in [-0.3, -0.25) is 9.69 Å². The Labute approximate surface area is 217 Å².